The van der Waals surface area contributed by atoms with Gasteiger partial charge in [-0.2, -0.15) is 0 Å². The number of amides is 1. The lowest BCUT2D eigenvalue weighted by Crippen LogP contribution is -2.30. The molecule has 0 aliphatic heterocycles. The highest BCUT2D eigenvalue weighted by Gasteiger charge is 2.19. The average molecular weight is 487 g/mol. The number of sulfonamides is 1. The van der Waals surface area contributed by atoms with Gasteiger partial charge in [-0.15, -0.1) is 0 Å². The van der Waals surface area contributed by atoms with E-state index in [9.17, 15) is 13.2 Å². The molecule has 0 aliphatic carbocycles. The first-order chi connectivity index (χ1) is 15.5. The van der Waals surface area contributed by atoms with E-state index in [1.54, 1.807) is 31.2 Å². The van der Waals surface area contributed by atoms with Crippen LogP contribution in [0.5, 0.6) is 5.75 Å². The molecule has 0 fully saturated rings. The second-order valence-corrected chi connectivity index (χ2v) is 10.1. The number of carbonyl (C=O) groups excluding carboxylic acids is 1. The van der Waals surface area contributed by atoms with Gasteiger partial charge in [-0.05, 0) is 93.3 Å². The second kappa shape index (κ2) is 9.85. The molecule has 0 spiro atoms. The Bertz CT molecular complexity index is 1250. The molecular formula is C25H27ClN2O4S. The zero-order chi connectivity index (χ0) is 24.3. The Kier molecular flexibility index (Phi) is 7.34. The summed E-state index contributed by atoms with van der Waals surface area (Å²) in [6.45, 7) is 9.08. The number of ether oxygens (including phenoxy) is 1. The standard InChI is InChI=1S/C25H27ClN2O4S/c1-15-7-6-8-16(2)24(15)28-33(30,31)22-11-9-20(10-12-22)27-25(29)19(5)32-21-13-17(3)23(26)18(4)14-21/h6-14,19,28H,1-5H3,(H,27,29)/t19-/m1/s1. The molecule has 0 radical (unpaired) electrons. The quantitative estimate of drug-likeness (QED) is 0.443. The van der Waals surface area contributed by atoms with E-state index in [2.05, 4.69) is 10.0 Å². The molecule has 3 aromatic rings. The SMILES string of the molecule is Cc1cc(O[C@H](C)C(=O)Nc2ccc(S(=O)(=O)Nc3c(C)cccc3C)cc2)cc(C)c1Cl. The van der Waals surface area contributed by atoms with Crippen LogP contribution in [0.4, 0.5) is 11.4 Å². The number of benzene rings is 3. The third-order valence-corrected chi connectivity index (χ3v) is 7.20. The van der Waals surface area contributed by atoms with Crippen molar-refractivity contribution in [2.75, 3.05) is 10.0 Å². The second-order valence-electron chi connectivity index (χ2n) is 8.02. The van der Waals surface area contributed by atoms with Gasteiger partial charge in [0.2, 0.25) is 0 Å². The van der Waals surface area contributed by atoms with Gasteiger partial charge in [0.25, 0.3) is 15.9 Å². The number of hydrogen-bond acceptors (Lipinski definition) is 4. The van der Waals surface area contributed by atoms with Crippen molar-refractivity contribution in [1.29, 1.82) is 0 Å². The summed E-state index contributed by atoms with van der Waals surface area (Å²) in [4.78, 5) is 12.7. The third-order valence-electron chi connectivity index (χ3n) is 5.24. The van der Waals surface area contributed by atoms with Crippen LogP contribution >= 0.6 is 11.6 Å². The molecule has 3 rings (SSSR count). The minimum Gasteiger partial charge on any atom is -0.481 e. The molecule has 1 amide bonds. The smallest absolute Gasteiger partial charge is 0.265 e. The minimum absolute atomic E-state index is 0.0968. The molecule has 0 saturated carbocycles. The summed E-state index contributed by atoms with van der Waals surface area (Å²) >= 11 is 6.18. The first-order valence-corrected chi connectivity index (χ1v) is 12.3. The van der Waals surface area contributed by atoms with Crippen LogP contribution in [0.3, 0.4) is 0 Å². The van der Waals surface area contributed by atoms with Gasteiger partial charge in [-0.25, -0.2) is 8.42 Å². The van der Waals surface area contributed by atoms with Crippen LogP contribution in [0.2, 0.25) is 5.02 Å². The summed E-state index contributed by atoms with van der Waals surface area (Å²) in [6.07, 6.45) is -0.765. The number of rotatable bonds is 7. The van der Waals surface area contributed by atoms with E-state index in [-0.39, 0.29) is 10.8 Å². The number of nitrogens with one attached hydrogen (secondary N) is 2. The van der Waals surface area contributed by atoms with Crippen LogP contribution in [0.25, 0.3) is 0 Å². The number of halogens is 1. The molecule has 0 bridgehead atoms. The van der Waals surface area contributed by atoms with Crippen LogP contribution in [0.15, 0.2) is 59.5 Å². The average Bonchev–Trinajstić information content (AvgIpc) is 2.75. The molecule has 174 valence electrons. The fraction of sp³-hybridized carbons (Fsp3) is 0.240. The van der Waals surface area contributed by atoms with Crippen LogP contribution in [-0.4, -0.2) is 20.4 Å². The molecule has 33 heavy (non-hydrogen) atoms. The van der Waals surface area contributed by atoms with E-state index in [0.29, 0.717) is 22.1 Å². The maximum atomic E-state index is 12.8. The highest BCUT2D eigenvalue weighted by Crippen LogP contribution is 2.27. The Balaban J connectivity index is 1.68. The fourth-order valence-electron chi connectivity index (χ4n) is 3.36. The van der Waals surface area contributed by atoms with Crippen molar-refractivity contribution in [3.05, 3.63) is 81.9 Å². The van der Waals surface area contributed by atoms with Gasteiger partial charge in [0, 0.05) is 10.7 Å². The Hall–Kier alpha value is -3.03. The summed E-state index contributed by atoms with van der Waals surface area (Å²) in [6, 6.07) is 15.1. The van der Waals surface area contributed by atoms with E-state index in [0.717, 1.165) is 22.3 Å². The summed E-state index contributed by atoms with van der Waals surface area (Å²) in [5.74, 6) is 0.195. The molecule has 0 unspecified atom stereocenters. The van der Waals surface area contributed by atoms with Gasteiger partial charge in [0.05, 0.1) is 10.6 Å². The van der Waals surface area contributed by atoms with E-state index in [1.165, 1.54) is 12.1 Å². The van der Waals surface area contributed by atoms with Crippen LogP contribution < -0.4 is 14.8 Å². The number of carbonyl (C=O) groups is 1. The van der Waals surface area contributed by atoms with Crippen molar-refractivity contribution in [3.8, 4) is 5.75 Å². The van der Waals surface area contributed by atoms with Crippen molar-refractivity contribution in [3.63, 3.8) is 0 Å². The topological polar surface area (TPSA) is 84.5 Å². The van der Waals surface area contributed by atoms with Gasteiger partial charge < -0.3 is 10.1 Å². The van der Waals surface area contributed by atoms with Crippen molar-refractivity contribution in [2.45, 2.75) is 45.6 Å². The van der Waals surface area contributed by atoms with Gasteiger partial charge >= 0.3 is 0 Å². The van der Waals surface area contributed by atoms with Crippen LogP contribution in [0.1, 0.15) is 29.2 Å². The molecule has 0 saturated heterocycles. The lowest BCUT2D eigenvalue weighted by atomic mass is 10.1. The first-order valence-electron chi connectivity index (χ1n) is 10.4. The molecule has 0 aromatic heterocycles. The third kappa shape index (κ3) is 5.86. The molecule has 8 heteroatoms. The van der Waals surface area contributed by atoms with Crippen LogP contribution in [0, 0.1) is 27.7 Å². The van der Waals surface area contributed by atoms with Crippen molar-refractivity contribution in [2.24, 2.45) is 0 Å². The summed E-state index contributed by atoms with van der Waals surface area (Å²) in [5, 5.41) is 3.41. The monoisotopic (exact) mass is 486 g/mol. The highest BCUT2D eigenvalue weighted by atomic mass is 35.5. The van der Waals surface area contributed by atoms with Crippen molar-refractivity contribution in [1.82, 2.24) is 0 Å². The Morgan fingerprint density at radius 1 is 0.909 bits per heavy atom. The lowest BCUT2D eigenvalue weighted by Gasteiger charge is -2.17. The van der Waals surface area contributed by atoms with Gasteiger partial charge in [0.15, 0.2) is 6.10 Å². The number of hydrogen-bond donors (Lipinski definition) is 2. The van der Waals surface area contributed by atoms with Gasteiger partial charge in [-0.3, -0.25) is 9.52 Å². The predicted molar refractivity (Wildman–Crippen MR) is 133 cm³/mol. The molecular weight excluding hydrogens is 460 g/mol. The summed E-state index contributed by atoms with van der Waals surface area (Å²) in [7, 11) is -3.77. The number of anilines is 2. The van der Waals surface area contributed by atoms with Crippen LogP contribution in [-0.2, 0) is 14.8 Å². The molecule has 3 aromatic carbocycles. The summed E-state index contributed by atoms with van der Waals surface area (Å²) < 4.78 is 34.0. The maximum absolute atomic E-state index is 12.8. The largest absolute Gasteiger partial charge is 0.481 e. The van der Waals surface area contributed by atoms with E-state index < -0.39 is 16.1 Å². The molecule has 0 heterocycles. The first kappa shape index (κ1) is 24.6. The van der Waals surface area contributed by atoms with Crippen molar-refractivity contribution >= 4 is 38.9 Å². The zero-order valence-electron chi connectivity index (χ0n) is 19.2. The fourth-order valence-corrected chi connectivity index (χ4v) is 4.67. The van der Waals surface area contributed by atoms with Gasteiger partial charge in [-0.1, -0.05) is 29.8 Å². The lowest BCUT2D eigenvalue weighted by molar-refractivity contribution is -0.122. The molecule has 0 aliphatic rings. The van der Waals surface area contributed by atoms with Crippen molar-refractivity contribution < 1.29 is 17.9 Å². The Morgan fingerprint density at radius 2 is 1.45 bits per heavy atom. The van der Waals surface area contributed by atoms with E-state index in [4.69, 9.17) is 16.3 Å². The summed E-state index contributed by atoms with van der Waals surface area (Å²) in [5.41, 5.74) is 4.43. The number of aryl methyl sites for hydroxylation is 4. The van der Waals surface area contributed by atoms with E-state index in [1.807, 2.05) is 45.9 Å². The molecule has 2 N–H and O–H groups in total. The Labute approximate surface area is 200 Å². The number of para-hydroxylation sites is 1. The molecule has 6 nitrogen and oxygen atoms in total. The minimum atomic E-state index is -3.77. The predicted octanol–water partition coefficient (Wildman–Crippen LogP) is 5.78. The molecule has 1 atom stereocenters. The zero-order valence-corrected chi connectivity index (χ0v) is 20.8. The highest BCUT2D eigenvalue weighted by molar-refractivity contribution is 7.92. The van der Waals surface area contributed by atoms with E-state index >= 15 is 0 Å². The Morgan fingerprint density at radius 3 is 2.00 bits per heavy atom. The normalized spacial score (nSPS) is 12.2. The van der Waals surface area contributed by atoms with Gasteiger partial charge in [0.1, 0.15) is 5.75 Å². The maximum Gasteiger partial charge on any atom is 0.265 e.